The van der Waals surface area contributed by atoms with Crippen LogP contribution in [0.5, 0.6) is 0 Å². The van der Waals surface area contributed by atoms with E-state index in [2.05, 4.69) is 64.2 Å². The van der Waals surface area contributed by atoms with Gasteiger partial charge in [0.25, 0.3) is 0 Å². The summed E-state index contributed by atoms with van der Waals surface area (Å²) < 4.78 is 8.73. The number of fused-ring (bicyclic) bond motifs is 3. The molecular weight excluding hydrogens is 524 g/mol. The Hall–Kier alpha value is -1.40. The van der Waals surface area contributed by atoms with Crippen LogP contribution in [0.25, 0.3) is 0 Å². The molecule has 0 aromatic heterocycles. The third-order valence-corrected chi connectivity index (χ3v) is 9.28. The van der Waals surface area contributed by atoms with E-state index in [1.165, 1.54) is 37.9 Å². The molecule has 4 nitrogen and oxygen atoms in total. The van der Waals surface area contributed by atoms with Crippen molar-refractivity contribution in [2.45, 2.75) is 57.1 Å². The largest absolute Gasteiger partial charge is 1.00 e. The fourth-order valence-electron chi connectivity index (χ4n) is 6.51. The number of halogens is 2. The van der Waals surface area contributed by atoms with Crippen LogP contribution in [0, 0.1) is 5.92 Å². The van der Waals surface area contributed by atoms with E-state index in [4.69, 9.17) is 4.74 Å². The highest BCUT2D eigenvalue weighted by Gasteiger charge is 2.50. The van der Waals surface area contributed by atoms with Crippen LogP contribution in [0.15, 0.2) is 59.1 Å². The van der Waals surface area contributed by atoms with Crippen LogP contribution >= 0.6 is 15.9 Å². The van der Waals surface area contributed by atoms with Crippen LogP contribution in [-0.4, -0.2) is 60.7 Å². The Morgan fingerprint density at radius 2 is 1.77 bits per heavy atom. The summed E-state index contributed by atoms with van der Waals surface area (Å²) in [7, 11) is 0. The molecule has 0 radical (unpaired) electrons. The lowest BCUT2D eigenvalue weighted by atomic mass is 9.82. The number of esters is 1. The molecule has 35 heavy (non-hydrogen) atoms. The summed E-state index contributed by atoms with van der Waals surface area (Å²) in [5, 5.41) is 0. The Morgan fingerprint density at radius 3 is 2.46 bits per heavy atom. The van der Waals surface area contributed by atoms with Crippen molar-refractivity contribution in [3.63, 3.8) is 0 Å². The molecule has 2 aromatic rings. The third kappa shape index (κ3) is 5.64. The summed E-state index contributed by atoms with van der Waals surface area (Å²) in [4.78, 5) is 16.3. The zero-order valence-electron chi connectivity index (χ0n) is 20.8. The zero-order valence-corrected chi connectivity index (χ0v) is 23.1. The van der Waals surface area contributed by atoms with Crippen LogP contribution in [-0.2, 0) is 21.5 Å². The normalized spacial score (nSPS) is 28.1. The lowest BCUT2D eigenvalue weighted by Crippen LogP contribution is -3.00. The van der Waals surface area contributed by atoms with Crippen LogP contribution in [0.2, 0.25) is 0 Å². The Kier molecular flexibility index (Phi) is 8.63. The monoisotopic (exact) mass is 560 g/mol. The highest BCUT2D eigenvalue weighted by molar-refractivity contribution is 9.10. The molecule has 4 fully saturated rings. The minimum absolute atomic E-state index is 0. The van der Waals surface area contributed by atoms with Gasteiger partial charge in [0.1, 0.15) is 12.1 Å². The summed E-state index contributed by atoms with van der Waals surface area (Å²) in [5.74, 6) is 0.459. The summed E-state index contributed by atoms with van der Waals surface area (Å²) in [6.07, 6.45) is 6.99. The lowest BCUT2D eigenvalue weighted by molar-refractivity contribution is -0.946. The van der Waals surface area contributed by atoms with Gasteiger partial charge in [-0.3, -0.25) is 4.90 Å². The minimum Gasteiger partial charge on any atom is -1.00 e. The number of carbonyl (C=O) groups is 1. The van der Waals surface area contributed by atoms with E-state index >= 15 is 0 Å². The summed E-state index contributed by atoms with van der Waals surface area (Å²) in [6, 6.07) is 19.0. The second-order valence-electron chi connectivity index (χ2n) is 10.8. The van der Waals surface area contributed by atoms with Crippen LogP contribution in [0.4, 0.5) is 0 Å². The Balaban J connectivity index is 0.00000289. The van der Waals surface area contributed by atoms with Gasteiger partial charge in [-0.05, 0) is 56.1 Å². The van der Waals surface area contributed by atoms with Crippen LogP contribution in [0.3, 0.4) is 0 Å². The molecular formula is C29H38BrClN2O2. The third-order valence-electron chi connectivity index (χ3n) is 8.79. The summed E-state index contributed by atoms with van der Waals surface area (Å²) in [6.45, 7) is 8.54. The highest BCUT2D eigenvalue weighted by atomic mass is 79.9. The number of ether oxygens (including phenoxy) is 1. The molecule has 6 heteroatoms. The quantitative estimate of drug-likeness (QED) is 0.385. The number of rotatable bonds is 7. The fourth-order valence-corrected chi connectivity index (χ4v) is 6.96. The first kappa shape index (κ1) is 26.7. The first-order valence-electron chi connectivity index (χ1n) is 13.1. The number of quaternary nitrogens is 1. The predicted molar refractivity (Wildman–Crippen MR) is 139 cm³/mol. The van der Waals surface area contributed by atoms with Crippen molar-refractivity contribution in [1.82, 2.24) is 4.90 Å². The van der Waals surface area contributed by atoms with Gasteiger partial charge in [-0.15, -0.1) is 0 Å². The molecule has 2 atom stereocenters. The van der Waals surface area contributed by atoms with Gasteiger partial charge in [0, 0.05) is 29.7 Å². The maximum atomic E-state index is 14.0. The topological polar surface area (TPSA) is 29.5 Å². The van der Waals surface area contributed by atoms with Crippen molar-refractivity contribution in [2.24, 2.45) is 5.92 Å². The van der Waals surface area contributed by atoms with E-state index in [0.717, 1.165) is 60.0 Å². The van der Waals surface area contributed by atoms with Crippen molar-refractivity contribution >= 4 is 21.9 Å². The lowest BCUT2D eigenvalue weighted by Gasteiger charge is -2.53. The summed E-state index contributed by atoms with van der Waals surface area (Å²) in [5.41, 5.74) is 1.72. The van der Waals surface area contributed by atoms with Crippen molar-refractivity contribution in [2.75, 3.05) is 39.3 Å². The number of hydrogen-bond donors (Lipinski definition) is 0. The van der Waals surface area contributed by atoms with Gasteiger partial charge in [0.2, 0.25) is 0 Å². The Morgan fingerprint density at radius 1 is 1.06 bits per heavy atom. The van der Waals surface area contributed by atoms with Gasteiger partial charge in [-0.25, -0.2) is 4.79 Å². The van der Waals surface area contributed by atoms with Crippen molar-refractivity contribution in [1.29, 1.82) is 0 Å². The second-order valence-corrected chi connectivity index (χ2v) is 11.8. The average Bonchev–Trinajstić information content (AvgIpc) is 2.89. The smallest absolute Gasteiger partial charge is 0.331 e. The molecule has 190 valence electrons. The molecule has 0 spiro atoms. The van der Waals surface area contributed by atoms with Crippen molar-refractivity contribution in [3.8, 4) is 0 Å². The zero-order chi connectivity index (χ0) is 23.6. The number of hydrogen-bond acceptors (Lipinski definition) is 3. The molecule has 4 aliphatic rings. The van der Waals surface area contributed by atoms with E-state index in [1.54, 1.807) is 0 Å². The van der Waals surface area contributed by atoms with Gasteiger partial charge >= 0.3 is 5.97 Å². The van der Waals surface area contributed by atoms with E-state index in [0.29, 0.717) is 5.92 Å². The second kappa shape index (κ2) is 11.3. The predicted octanol–water partition coefficient (Wildman–Crippen LogP) is 2.55. The van der Waals surface area contributed by atoms with Gasteiger partial charge in [-0.2, -0.15) is 0 Å². The van der Waals surface area contributed by atoms with Gasteiger partial charge in [0.15, 0.2) is 6.10 Å². The van der Waals surface area contributed by atoms with E-state index < -0.39 is 5.54 Å². The fraction of sp³-hybridized carbons (Fsp3) is 0.552. The van der Waals surface area contributed by atoms with E-state index in [9.17, 15) is 4.79 Å². The molecule has 0 N–H and O–H groups in total. The molecule has 6 rings (SSSR count). The molecule has 2 bridgehead atoms. The molecule has 4 heterocycles. The maximum Gasteiger partial charge on any atom is 0.331 e. The van der Waals surface area contributed by atoms with Crippen LogP contribution < -0.4 is 12.4 Å². The van der Waals surface area contributed by atoms with Crippen LogP contribution in [0.1, 0.15) is 50.2 Å². The average molecular weight is 562 g/mol. The molecule has 4 aliphatic heterocycles. The molecule has 4 saturated heterocycles. The Labute approximate surface area is 225 Å². The maximum absolute atomic E-state index is 14.0. The number of benzene rings is 2. The Bertz CT molecular complexity index is 989. The molecule has 0 unspecified atom stereocenters. The molecule has 0 saturated carbocycles. The van der Waals surface area contributed by atoms with E-state index in [1.807, 2.05) is 18.2 Å². The first-order chi connectivity index (χ1) is 16.5. The number of likely N-dealkylation sites (tertiary alicyclic amines) is 1. The molecule has 0 amide bonds. The van der Waals surface area contributed by atoms with Gasteiger partial charge < -0.3 is 21.6 Å². The number of carbonyl (C=O) groups excluding carboxylic acids is 1. The molecule has 2 aromatic carbocycles. The van der Waals surface area contributed by atoms with Crippen molar-refractivity contribution in [3.05, 3.63) is 70.2 Å². The van der Waals surface area contributed by atoms with Gasteiger partial charge in [0.05, 0.1) is 19.6 Å². The number of nitrogens with zero attached hydrogens (tertiary/aromatic N) is 2. The van der Waals surface area contributed by atoms with Gasteiger partial charge in [-0.1, -0.05) is 64.8 Å². The van der Waals surface area contributed by atoms with Crippen molar-refractivity contribution < 1.29 is 26.4 Å². The first-order valence-corrected chi connectivity index (χ1v) is 13.9. The molecule has 0 aliphatic carbocycles. The summed E-state index contributed by atoms with van der Waals surface area (Å²) >= 11 is 3.61. The minimum atomic E-state index is -0.713. The van der Waals surface area contributed by atoms with E-state index in [-0.39, 0.29) is 24.5 Å². The highest BCUT2D eigenvalue weighted by Crippen LogP contribution is 2.39. The SMILES string of the molecule is C[C@@](C(=O)O[C@H]1C[N+]2(CCc3cccc(Br)c3)CCC1CC2)(c1ccccc1)N1CCCCC1.[Cl-]. The standard InChI is InChI=1S/C29H38BrN2O2.ClH/c1-29(25-10-4-2-5-11-25,31-16-6-3-7-17-31)28(33)34-27-22-32(19-14-24(27)15-20-32)18-13-23-9-8-12-26(30)21-23;/h2,4-5,8-12,21,24,27H,3,6-7,13-20,22H2,1H3;1H/q+1;/p-1/t24?,27-,29-,32?;/m0./s1. The number of piperidine rings is 4.